The van der Waals surface area contributed by atoms with E-state index in [0.29, 0.717) is 22.2 Å². The molecule has 0 saturated carbocycles. The summed E-state index contributed by atoms with van der Waals surface area (Å²) in [5, 5.41) is 2.79. The van der Waals surface area contributed by atoms with E-state index in [-0.39, 0.29) is 5.91 Å². The van der Waals surface area contributed by atoms with Crippen LogP contribution >= 0.6 is 0 Å². The number of amides is 1. The van der Waals surface area contributed by atoms with Gasteiger partial charge in [0.1, 0.15) is 0 Å². The lowest BCUT2D eigenvalue weighted by molar-refractivity contribution is -0.137. The fourth-order valence-corrected chi connectivity index (χ4v) is 2.70. The molecule has 0 bridgehead atoms. The highest BCUT2D eigenvalue weighted by Crippen LogP contribution is 2.30. The number of nitrogens with zero attached hydrogens (tertiary/aromatic N) is 2. The van der Waals surface area contributed by atoms with E-state index >= 15 is 0 Å². The first-order valence-corrected chi connectivity index (χ1v) is 8.38. The van der Waals surface area contributed by atoms with Gasteiger partial charge in [-0.15, -0.1) is 0 Å². The molecule has 0 radical (unpaired) electrons. The predicted molar refractivity (Wildman–Crippen MR) is 96.3 cm³/mol. The molecule has 0 spiro atoms. The number of aryl methyl sites for hydroxylation is 2. The van der Waals surface area contributed by atoms with Crippen molar-refractivity contribution in [1.29, 1.82) is 0 Å². The summed E-state index contributed by atoms with van der Waals surface area (Å²) in [6.07, 6.45) is -4.38. The standard InChI is InChI=1S/C20H18F3N3O/c1-11-12(2)25-18-10-15(6-9-17(18)24-11)19(27)26-13(3)14-4-7-16(8-5-14)20(21,22)23/h4-10,13H,1-3H3,(H,26,27). The lowest BCUT2D eigenvalue weighted by atomic mass is 10.1. The summed E-state index contributed by atoms with van der Waals surface area (Å²) in [5.41, 5.74) is 3.22. The summed E-state index contributed by atoms with van der Waals surface area (Å²) in [7, 11) is 0. The van der Waals surface area contributed by atoms with Crippen LogP contribution in [0.5, 0.6) is 0 Å². The second kappa shape index (κ2) is 6.98. The van der Waals surface area contributed by atoms with Crippen molar-refractivity contribution in [2.75, 3.05) is 0 Å². The van der Waals surface area contributed by atoms with Crippen molar-refractivity contribution in [2.24, 2.45) is 0 Å². The Morgan fingerprint density at radius 3 is 2.15 bits per heavy atom. The number of halogens is 3. The minimum Gasteiger partial charge on any atom is -0.346 e. The summed E-state index contributed by atoms with van der Waals surface area (Å²) in [6.45, 7) is 5.43. The van der Waals surface area contributed by atoms with E-state index in [1.807, 2.05) is 13.8 Å². The van der Waals surface area contributed by atoms with Gasteiger partial charge in [-0.25, -0.2) is 9.97 Å². The molecule has 27 heavy (non-hydrogen) atoms. The maximum Gasteiger partial charge on any atom is 0.416 e. The quantitative estimate of drug-likeness (QED) is 0.720. The average Bonchev–Trinajstić information content (AvgIpc) is 2.61. The van der Waals surface area contributed by atoms with Gasteiger partial charge in [0.25, 0.3) is 5.91 Å². The van der Waals surface area contributed by atoms with Gasteiger partial charge in [-0.1, -0.05) is 12.1 Å². The van der Waals surface area contributed by atoms with Crippen LogP contribution in [0.3, 0.4) is 0 Å². The van der Waals surface area contributed by atoms with Crippen LogP contribution in [0, 0.1) is 13.8 Å². The maximum absolute atomic E-state index is 12.7. The highest BCUT2D eigenvalue weighted by molar-refractivity contribution is 5.97. The number of benzene rings is 2. The first-order valence-electron chi connectivity index (χ1n) is 8.38. The zero-order valence-corrected chi connectivity index (χ0v) is 15.1. The molecule has 3 aromatic rings. The molecule has 0 aliphatic carbocycles. The molecule has 3 rings (SSSR count). The third kappa shape index (κ3) is 4.07. The average molecular weight is 373 g/mol. The number of carbonyl (C=O) groups is 1. The van der Waals surface area contributed by atoms with Gasteiger partial charge in [0.2, 0.25) is 0 Å². The number of rotatable bonds is 3. The van der Waals surface area contributed by atoms with E-state index < -0.39 is 17.8 Å². The molecular formula is C20H18F3N3O. The van der Waals surface area contributed by atoms with Crippen molar-refractivity contribution in [3.8, 4) is 0 Å². The highest BCUT2D eigenvalue weighted by atomic mass is 19.4. The van der Waals surface area contributed by atoms with Crippen molar-refractivity contribution in [3.63, 3.8) is 0 Å². The Morgan fingerprint density at radius 1 is 0.963 bits per heavy atom. The predicted octanol–water partition coefficient (Wildman–Crippen LogP) is 4.76. The Hall–Kier alpha value is -2.96. The molecule has 0 aliphatic heterocycles. The van der Waals surface area contributed by atoms with Gasteiger partial charge in [0.15, 0.2) is 0 Å². The van der Waals surface area contributed by atoms with Gasteiger partial charge in [0.05, 0.1) is 34.0 Å². The van der Waals surface area contributed by atoms with Gasteiger partial charge in [-0.2, -0.15) is 13.2 Å². The van der Waals surface area contributed by atoms with E-state index in [2.05, 4.69) is 15.3 Å². The van der Waals surface area contributed by atoms with Crippen LogP contribution in [-0.4, -0.2) is 15.9 Å². The molecule has 0 fully saturated rings. The number of carbonyl (C=O) groups excluding carboxylic acids is 1. The van der Waals surface area contributed by atoms with Crippen molar-refractivity contribution >= 4 is 16.9 Å². The van der Waals surface area contributed by atoms with E-state index in [1.165, 1.54) is 12.1 Å². The molecule has 1 aromatic heterocycles. The van der Waals surface area contributed by atoms with Gasteiger partial charge in [0, 0.05) is 5.56 Å². The number of fused-ring (bicyclic) bond motifs is 1. The molecule has 1 unspecified atom stereocenters. The number of aromatic nitrogens is 2. The zero-order valence-electron chi connectivity index (χ0n) is 15.1. The van der Waals surface area contributed by atoms with E-state index in [1.54, 1.807) is 25.1 Å². The summed E-state index contributed by atoms with van der Waals surface area (Å²) < 4.78 is 38.0. The van der Waals surface area contributed by atoms with Gasteiger partial charge in [-0.05, 0) is 56.7 Å². The van der Waals surface area contributed by atoms with Crippen LogP contribution in [0.4, 0.5) is 13.2 Å². The second-order valence-electron chi connectivity index (χ2n) is 6.41. The molecule has 140 valence electrons. The molecular weight excluding hydrogens is 355 g/mol. The highest BCUT2D eigenvalue weighted by Gasteiger charge is 2.30. The van der Waals surface area contributed by atoms with Gasteiger partial charge >= 0.3 is 6.18 Å². The summed E-state index contributed by atoms with van der Waals surface area (Å²) in [6, 6.07) is 9.35. The largest absolute Gasteiger partial charge is 0.416 e. The second-order valence-corrected chi connectivity index (χ2v) is 6.41. The number of nitrogens with one attached hydrogen (secondary N) is 1. The van der Waals surface area contributed by atoms with Crippen LogP contribution in [-0.2, 0) is 6.18 Å². The molecule has 1 amide bonds. The Kier molecular flexibility index (Phi) is 4.87. The number of hydrogen-bond acceptors (Lipinski definition) is 3. The minimum absolute atomic E-state index is 0.329. The number of alkyl halides is 3. The van der Waals surface area contributed by atoms with Crippen molar-refractivity contribution in [1.82, 2.24) is 15.3 Å². The number of hydrogen-bond donors (Lipinski definition) is 1. The van der Waals surface area contributed by atoms with Gasteiger partial charge in [-0.3, -0.25) is 4.79 Å². The van der Waals surface area contributed by atoms with Crippen LogP contribution in [0.2, 0.25) is 0 Å². The lowest BCUT2D eigenvalue weighted by Gasteiger charge is -2.16. The first-order chi connectivity index (χ1) is 12.6. The third-order valence-corrected chi connectivity index (χ3v) is 4.42. The summed E-state index contributed by atoms with van der Waals surface area (Å²) in [5.74, 6) is -0.329. The minimum atomic E-state index is -4.38. The molecule has 1 atom stereocenters. The topological polar surface area (TPSA) is 54.9 Å². The molecule has 1 N–H and O–H groups in total. The first kappa shape index (κ1) is 18.8. The summed E-state index contributed by atoms with van der Waals surface area (Å²) in [4.78, 5) is 21.4. The monoisotopic (exact) mass is 373 g/mol. The SMILES string of the molecule is Cc1nc2ccc(C(=O)NC(C)c3ccc(C(F)(F)F)cc3)cc2nc1C. The fourth-order valence-electron chi connectivity index (χ4n) is 2.70. The Bertz CT molecular complexity index is 998. The Morgan fingerprint density at radius 2 is 1.56 bits per heavy atom. The van der Waals surface area contributed by atoms with Crippen molar-refractivity contribution in [3.05, 3.63) is 70.5 Å². The van der Waals surface area contributed by atoms with Crippen LogP contribution < -0.4 is 5.32 Å². The Balaban J connectivity index is 1.78. The van der Waals surface area contributed by atoms with Crippen LogP contribution in [0.25, 0.3) is 11.0 Å². The van der Waals surface area contributed by atoms with Gasteiger partial charge < -0.3 is 5.32 Å². The van der Waals surface area contributed by atoms with Crippen LogP contribution in [0.1, 0.15) is 45.8 Å². The molecule has 0 aliphatic rings. The molecule has 2 aromatic carbocycles. The normalized spacial score (nSPS) is 12.8. The zero-order chi connectivity index (χ0) is 19.8. The molecule has 0 saturated heterocycles. The van der Waals surface area contributed by atoms with E-state index in [9.17, 15) is 18.0 Å². The Labute approximate surface area is 154 Å². The van der Waals surface area contributed by atoms with Crippen molar-refractivity contribution < 1.29 is 18.0 Å². The molecule has 1 heterocycles. The smallest absolute Gasteiger partial charge is 0.346 e. The lowest BCUT2D eigenvalue weighted by Crippen LogP contribution is -2.26. The van der Waals surface area contributed by atoms with E-state index in [4.69, 9.17) is 0 Å². The van der Waals surface area contributed by atoms with Crippen LogP contribution in [0.15, 0.2) is 42.5 Å². The summed E-state index contributed by atoms with van der Waals surface area (Å²) >= 11 is 0. The molecule has 4 nitrogen and oxygen atoms in total. The van der Waals surface area contributed by atoms with E-state index in [0.717, 1.165) is 23.5 Å². The maximum atomic E-state index is 12.7. The van der Waals surface area contributed by atoms with Crippen molar-refractivity contribution in [2.45, 2.75) is 33.0 Å². The third-order valence-electron chi connectivity index (χ3n) is 4.42. The fraction of sp³-hybridized carbons (Fsp3) is 0.250. The molecule has 7 heteroatoms.